The van der Waals surface area contributed by atoms with Gasteiger partial charge in [-0.2, -0.15) is 13.5 Å². The first-order valence-electron chi connectivity index (χ1n) is 6.14. The molecule has 118 valence electrons. The summed E-state index contributed by atoms with van der Waals surface area (Å²) in [6.45, 7) is -0.464. The Bertz CT molecular complexity index is 750. The molecule has 1 fully saturated rings. The SMILES string of the molecule is O=C(O)CN1c2ccccc2C2CN1C(=O)N2OS(=O)(=O)O. The number of carboxylic acid groups (broad SMARTS) is 1. The van der Waals surface area contributed by atoms with E-state index in [2.05, 4.69) is 4.28 Å². The van der Waals surface area contributed by atoms with E-state index in [0.29, 0.717) is 16.3 Å². The number of fused-ring (bicyclic) bond motifs is 4. The van der Waals surface area contributed by atoms with Gasteiger partial charge in [-0.1, -0.05) is 18.2 Å². The highest BCUT2D eigenvalue weighted by Crippen LogP contribution is 2.42. The molecule has 2 aliphatic heterocycles. The first-order valence-corrected chi connectivity index (χ1v) is 7.50. The molecule has 0 saturated carbocycles. The molecule has 2 bridgehead atoms. The summed E-state index contributed by atoms with van der Waals surface area (Å²) in [4.78, 5) is 23.3. The Morgan fingerprint density at radius 2 is 2.05 bits per heavy atom. The van der Waals surface area contributed by atoms with Gasteiger partial charge in [0.2, 0.25) is 0 Å². The number of amides is 2. The van der Waals surface area contributed by atoms with E-state index in [4.69, 9.17) is 9.66 Å². The Kier molecular flexibility index (Phi) is 3.20. The van der Waals surface area contributed by atoms with Gasteiger partial charge in [0.05, 0.1) is 12.2 Å². The van der Waals surface area contributed by atoms with Crippen LogP contribution in [-0.4, -0.2) is 53.2 Å². The molecule has 10 nitrogen and oxygen atoms in total. The zero-order chi connectivity index (χ0) is 16.1. The van der Waals surface area contributed by atoms with E-state index >= 15 is 0 Å². The molecule has 1 aromatic rings. The standard InChI is InChI=1S/C11H11N3O7S/c15-10(16)6-12-8-4-2-1-3-7(8)9-5-13(12)11(17)14(9)21-22(18,19)20/h1-4,9H,5-6H2,(H,15,16)(H,18,19,20). The second-order valence-corrected chi connectivity index (χ2v) is 5.72. The summed E-state index contributed by atoms with van der Waals surface area (Å²) in [6, 6.07) is 4.93. The smallest absolute Gasteiger partial charge is 0.418 e. The first-order chi connectivity index (χ1) is 10.3. The van der Waals surface area contributed by atoms with Crippen LogP contribution in [-0.2, 0) is 19.5 Å². The lowest BCUT2D eigenvalue weighted by Gasteiger charge is -2.35. The Morgan fingerprint density at radius 3 is 2.68 bits per heavy atom. The molecule has 0 radical (unpaired) electrons. The average molecular weight is 329 g/mol. The normalized spacial score (nSPS) is 20.3. The van der Waals surface area contributed by atoms with Gasteiger partial charge in [0, 0.05) is 5.56 Å². The molecule has 3 rings (SSSR count). The number of aliphatic carboxylic acids is 1. The predicted octanol–water partition coefficient (Wildman–Crippen LogP) is 0.0193. The van der Waals surface area contributed by atoms with Crippen molar-refractivity contribution in [3.8, 4) is 0 Å². The van der Waals surface area contributed by atoms with Crippen LogP contribution in [0.1, 0.15) is 11.6 Å². The highest BCUT2D eigenvalue weighted by molar-refractivity contribution is 7.80. The van der Waals surface area contributed by atoms with Crippen molar-refractivity contribution < 1.29 is 31.9 Å². The lowest BCUT2D eigenvalue weighted by atomic mass is 10.0. The van der Waals surface area contributed by atoms with Crippen LogP contribution >= 0.6 is 0 Å². The van der Waals surface area contributed by atoms with Gasteiger partial charge in [-0.15, -0.1) is 4.28 Å². The van der Waals surface area contributed by atoms with Gasteiger partial charge < -0.3 is 5.11 Å². The zero-order valence-corrected chi connectivity index (χ0v) is 11.8. The van der Waals surface area contributed by atoms with E-state index < -0.39 is 35.0 Å². The van der Waals surface area contributed by atoms with Gasteiger partial charge >= 0.3 is 22.4 Å². The Labute approximate surface area is 125 Å². The summed E-state index contributed by atoms with van der Waals surface area (Å²) < 4.78 is 34.9. The van der Waals surface area contributed by atoms with Crippen molar-refractivity contribution in [2.24, 2.45) is 0 Å². The maximum Gasteiger partial charge on any atom is 0.418 e. The number of carboxylic acids is 1. The molecular formula is C11H11N3O7S. The third kappa shape index (κ3) is 2.34. The number of para-hydroxylation sites is 1. The number of carbonyl (C=O) groups is 2. The van der Waals surface area contributed by atoms with Crippen molar-refractivity contribution in [3.63, 3.8) is 0 Å². The molecule has 1 unspecified atom stereocenters. The fourth-order valence-electron chi connectivity index (χ4n) is 2.61. The number of hydrazine groups is 1. The predicted molar refractivity (Wildman–Crippen MR) is 70.7 cm³/mol. The van der Waals surface area contributed by atoms with Gasteiger partial charge in [0.15, 0.2) is 0 Å². The summed E-state index contributed by atoms with van der Waals surface area (Å²) in [7, 11) is -4.88. The van der Waals surface area contributed by atoms with E-state index in [9.17, 15) is 18.0 Å². The number of carbonyl (C=O) groups excluding carboxylic acids is 1. The van der Waals surface area contributed by atoms with Crippen molar-refractivity contribution in [1.82, 2.24) is 10.1 Å². The van der Waals surface area contributed by atoms with Gasteiger partial charge in [0.25, 0.3) is 0 Å². The number of hydrogen-bond acceptors (Lipinski definition) is 6. The highest BCUT2D eigenvalue weighted by atomic mass is 32.3. The number of anilines is 1. The lowest BCUT2D eigenvalue weighted by molar-refractivity contribution is -0.135. The highest BCUT2D eigenvalue weighted by Gasteiger charge is 2.49. The number of hydroxylamine groups is 2. The molecule has 2 N–H and O–H groups in total. The van der Waals surface area contributed by atoms with Gasteiger partial charge in [-0.25, -0.2) is 9.80 Å². The molecule has 11 heteroatoms. The molecule has 2 aliphatic rings. The third-order valence-electron chi connectivity index (χ3n) is 3.36. The quantitative estimate of drug-likeness (QED) is 0.740. The Hall–Kier alpha value is -2.37. The number of rotatable bonds is 4. The van der Waals surface area contributed by atoms with Gasteiger partial charge in [-0.3, -0.25) is 14.4 Å². The minimum atomic E-state index is -4.88. The lowest BCUT2D eigenvalue weighted by Crippen LogP contribution is -2.48. The van der Waals surface area contributed by atoms with E-state index in [1.165, 1.54) is 5.01 Å². The monoisotopic (exact) mass is 329 g/mol. The largest absolute Gasteiger partial charge is 0.480 e. The third-order valence-corrected chi connectivity index (χ3v) is 3.71. The maximum absolute atomic E-state index is 12.2. The second-order valence-electron chi connectivity index (χ2n) is 4.72. The number of hydrogen-bond donors (Lipinski definition) is 2. The van der Waals surface area contributed by atoms with E-state index in [1.54, 1.807) is 24.3 Å². The van der Waals surface area contributed by atoms with Gasteiger partial charge in [0.1, 0.15) is 12.6 Å². The van der Waals surface area contributed by atoms with Crippen LogP contribution in [0, 0.1) is 0 Å². The van der Waals surface area contributed by atoms with Crippen LogP contribution in [0.15, 0.2) is 24.3 Å². The molecule has 1 saturated heterocycles. The van der Waals surface area contributed by atoms with Crippen LogP contribution in [0.2, 0.25) is 0 Å². The van der Waals surface area contributed by atoms with Crippen LogP contribution in [0.25, 0.3) is 0 Å². The molecule has 2 amide bonds. The maximum atomic E-state index is 12.2. The number of benzene rings is 1. The topological polar surface area (TPSA) is 128 Å². The molecule has 0 aliphatic carbocycles. The van der Waals surface area contributed by atoms with E-state index in [0.717, 1.165) is 5.01 Å². The minimum absolute atomic E-state index is 0.0125. The summed E-state index contributed by atoms with van der Waals surface area (Å²) >= 11 is 0. The first kappa shape index (κ1) is 14.6. The average Bonchev–Trinajstić information content (AvgIpc) is 2.68. The van der Waals surface area contributed by atoms with Crippen LogP contribution in [0.4, 0.5) is 10.5 Å². The van der Waals surface area contributed by atoms with E-state index in [-0.39, 0.29) is 6.54 Å². The summed E-state index contributed by atoms with van der Waals surface area (Å²) in [5.41, 5.74) is 0.977. The Balaban J connectivity index is 2.06. The summed E-state index contributed by atoms with van der Waals surface area (Å²) in [6.07, 6.45) is 0. The van der Waals surface area contributed by atoms with Crippen molar-refractivity contribution in [2.45, 2.75) is 6.04 Å². The molecule has 2 heterocycles. The van der Waals surface area contributed by atoms with Crippen LogP contribution < -0.4 is 5.01 Å². The molecule has 0 aromatic heterocycles. The van der Waals surface area contributed by atoms with Crippen LogP contribution in [0.3, 0.4) is 0 Å². The van der Waals surface area contributed by atoms with Crippen LogP contribution in [0.5, 0.6) is 0 Å². The minimum Gasteiger partial charge on any atom is -0.480 e. The fraction of sp³-hybridized carbons (Fsp3) is 0.273. The molecule has 1 atom stereocenters. The Morgan fingerprint density at radius 1 is 1.36 bits per heavy atom. The van der Waals surface area contributed by atoms with Crippen molar-refractivity contribution >= 4 is 28.1 Å². The summed E-state index contributed by atoms with van der Waals surface area (Å²) in [5, 5.41) is 11.8. The molecule has 0 spiro atoms. The molecule has 1 aromatic carbocycles. The number of urea groups is 1. The second kappa shape index (κ2) is 4.83. The van der Waals surface area contributed by atoms with Crippen molar-refractivity contribution in [1.29, 1.82) is 0 Å². The van der Waals surface area contributed by atoms with E-state index in [1.807, 2.05) is 0 Å². The van der Waals surface area contributed by atoms with Crippen molar-refractivity contribution in [2.75, 3.05) is 18.1 Å². The zero-order valence-electron chi connectivity index (χ0n) is 11.0. The number of nitrogens with zero attached hydrogens (tertiary/aromatic N) is 3. The fourth-order valence-corrected chi connectivity index (χ4v) is 2.98. The van der Waals surface area contributed by atoms with Gasteiger partial charge in [-0.05, 0) is 6.07 Å². The molecular weight excluding hydrogens is 318 g/mol. The van der Waals surface area contributed by atoms with Crippen molar-refractivity contribution in [3.05, 3.63) is 29.8 Å². The molecule has 22 heavy (non-hydrogen) atoms. The summed E-state index contributed by atoms with van der Waals surface area (Å²) in [5.74, 6) is -1.16.